The number of hydrogen-bond donors (Lipinski definition) is 3. The van der Waals surface area contributed by atoms with Crippen LogP contribution in [0.2, 0.25) is 0 Å². The fourth-order valence-electron chi connectivity index (χ4n) is 4.27. The van der Waals surface area contributed by atoms with Crippen LogP contribution in [0.4, 0.5) is 0 Å². The quantitative estimate of drug-likeness (QED) is 0.146. The second-order valence-electron chi connectivity index (χ2n) is 9.76. The van der Waals surface area contributed by atoms with Crippen molar-refractivity contribution in [2.45, 2.75) is 57.6 Å². The molecule has 2 aromatic carbocycles. The van der Waals surface area contributed by atoms with Crippen molar-refractivity contribution in [3.63, 3.8) is 0 Å². The van der Waals surface area contributed by atoms with Gasteiger partial charge in [0.25, 0.3) is 0 Å². The average molecular weight is 535 g/mol. The lowest BCUT2D eigenvalue weighted by molar-refractivity contribution is -0.155. The van der Waals surface area contributed by atoms with Crippen LogP contribution in [0.3, 0.4) is 0 Å². The van der Waals surface area contributed by atoms with Crippen LogP contribution < -0.4 is 10.6 Å². The van der Waals surface area contributed by atoms with E-state index in [9.17, 15) is 19.5 Å². The third kappa shape index (κ3) is 11.7. The molecule has 0 aliphatic heterocycles. The van der Waals surface area contributed by atoms with E-state index in [4.69, 9.17) is 4.74 Å². The molecule has 0 saturated carbocycles. The Bertz CT molecular complexity index is 1040. The van der Waals surface area contributed by atoms with Gasteiger partial charge in [-0.2, -0.15) is 0 Å². The van der Waals surface area contributed by atoms with Crippen LogP contribution in [-0.2, 0) is 25.5 Å². The molecule has 2 amide bonds. The van der Waals surface area contributed by atoms with E-state index < -0.39 is 18.1 Å². The van der Waals surface area contributed by atoms with Gasteiger partial charge in [0, 0.05) is 12.5 Å². The zero-order valence-electron chi connectivity index (χ0n) is 22.9. The number of hydrogen-bond acceptors (Lipinski definition) is 5. The van der Waals surface area contributed by atoms with Gasteiger partial charge in [-0.25, -0.2) is 0 Å². The minimum absolute atomic E-state index is 0.0412. The van der Waals surface area contributed by atoms with Gasteiger partial charge in [-0.05, 0) is 50.2 Å². The number of carbonyl (C=O) groups excluding carboxylic acids is 3. The Morgan fingerprint density at radius 3 is 2.26 bits per heavy atom. The Morgan fingerprint density at radius 2 is 1.64 bits per heavy atom. The number of benzene rings is 2. The molecule has 2 aromatic rings. The molecule has 3 N–H and O–H groups in total. The smallest absolute Gasteiger partial charge is 0.309 e. The molecule has 210 valence electrons. The SMILES string of the molecule is C=CCCC[C@H](Cc1ccccc1)C(=O)O[C@H](CNC(=O)[C@H](CC=C)CC(=O)N[C@@H](C)CO)c1ccccc1. The van der Waals surface area contributed by atoms with Gasteiger partial charge in [0.15, 0.2) is 0 Å². The first-order valence-corrected chi connectivity index (χ1v) is 13.6. The van der Waals surface area contributed by atoms with E-state index in [1.807, 2.05) is 66.7 Å². The standard InChI is InChI=1S/C32H42N2O5/c1-4-6-9-19-28(20-25-15-10-7-11-16-25)32(38)39-29(26-17-12-8-13-18-26)22-33-31(37)27(14-5-2)21-30(36)34-24(3)23-35/h4-5,7-8,10-13,15-18,24,27-29,35H,1-2,6,9,14,19-23H2,3H3,(H,33,37)(H,34,36)/t24-,27+,28+,29+/m0/s1. The van der Waals surface area contributed by atoms with Crippen molar-refractivity contribution >= 4 is 17.8 Å². The first kappa shape index (κ1) is 31.5. The maximum absolute atomic E-state index is 13.4. The van der Waals surface area contributed by atoms with E-state index >= 15 is 0 Å². The molecule has 0 fully saturated rings. The molecule has 7 heteroatoms. The fraction of sp³-hybridized carbons (Fsp3) is 0.406. The van der Waals surface area contributed by atoms with Crippen molar-refractivity contribution in [1.82, 2.24) is 10.6 Å². The summed E-state index contributed by atoms with van der Waals surface area (Å²) in [5.74, 6) is -1.94. The van der Waals surface area contributed by atoms with Gasteiger partial charge >= 0.3 is 5.97 Å². The highest BCUT2D eigenvalue weighted by atomic mass is 16.5. The molecule has 39 heavy (non-hydrogen) atoms. The number of nitrogens with one attached hydrogen (secondary N) is 2. The topological polar surface area (TPSA) is 105 Å². The Balaban J connectivity index is 2.13. The molecular formula is C32H42N2O5. The van der Waals surface area contributed by atoms with Crippen LogP contribution in [0.15, 0.2) is 86.0 Å². The Labute approximate surface area is 232 Å². The number of rotatable bonds is 18. The predicted molar refractivity (Wildman–Crippen MR) is 154 cm³/mol. The summed E-state index contributed by atoms with van der Waals surface area (Å²) in [7, 11) is 0. The molecule has 0 aliphatic rings. The summed E-state index contributed by atoms with van der Waals surface area (Å²) >= 11 is 0. The molecule has 0 heterocycles. The molecule has 0 unspecified atom stereocenters. The summed E-state index contributed by atoms with van der Waals surface area (Å²) < 4.78 is 6.03. The number of unbranched alkanes of at least 4 members (excludes halogenated alkanes) is 1. The highest BCUT2D eigenvalue weighted by molar-refractivity contribution is 5.86. The van der Waals surface area contributed by atoms with Gasteiger partial charge in [0.1, 0.15) is 6.10 Å². The minimum atomic E-state index is -0.687. The lowest BCUT2D eigenvalue weighted by Crippen LogP contribution is -2.40. The van der Waals surface area contributed by atoms with Gasteiger partial charge < -0.3 is 20.5 Å². The van der Waals surface area contributed by atoms with E-state index in [1.165, 1.54) is 0 Å². The summed E-state index contributed by atoms with van der Waals surface area (Å²) in [6.07, 6.45) is 5.88. The highest BCUT2D eigenvalue weighted by Gasteiger charge is 2.27. The van der Waals surface area contributed by atoms with E-state index in [2.05, 4.69) is 23.8 Å². The molecule has 7 nitrogen and oxygen atoms in total. The number of aliphatic hydroxyl groups is 1. The number of allylic oxidation sites excluding steroid dienone is 2. The Hall–Kier alpha value is -3.71. The molecule has 4 atom stereocenters. The second-order valence-corrected chi connectivity index (χ2v) is 9.76. The second kappa shape index (κ2) is 17.7. The molecule has 2 rings (SSSR count). The molecule has 0 aliphatic carbocycles. The monoisotopic (exact) mass is 534 g/mol. The Morgan fingerprint density at radius 1 is 0.974 bits per heavy atom. The summed E-state index contributed by atoms with van der Waals surface area (Å²) in [4.78, 5) is 38.8. The third-order valence-electron chi connectivity index (χ3n) is 6.45. The number of ether oxygens (including phenoxy) is 1. The van der Waals surface area contributed by atoms with Crippen molar-refractivity contribution in [2.75, 3.05) is 13.2 Å². The highest BCUT2D eigenvalue weighted by Crippen LogP contribution is 2.23. The maximum Gasteiger partial charge on any atom is 0.309 e. The first-order chi connectivity index (χ1) is 18.9. The molecular weight excluding hydrogens is 492 g/mol. The lowest BCUT2D eigenvalue weighted by Gasteiger charge is -2.24. The van der Waals surface area contributed by atoms with Crippen molar-refractivity contribution in [3.8, 4) is 0 Å². The average Bonchev–Trinajstić information content (AvgIpc) is 2.95. The normalized spacial score (nSPS) is 13.8. The summed E-state index contributed by atoms with van der Waals surface area (Å²) in [5.41, 5.74) is 1.83. The van der Waals surface area contributed by atoms with Crippen LogP contribution >= 0.6 is 0 Å². The van der Waals surface area contributed by atoms with Gasteiger partial charge in [-0.15, -0.1) is 13.2 Å². The maximum atomic E-state index is 13.4. The summed E-state index contributed by atoms with van der Waals surface area (Å²) in [5, 5.41) is 14.7. The molecule has 0 radical (unpaired) electrons. The zero-order chi connectivity index (χ0) is 28.5. The number of esters is 1. The van der Waals surface area contributed by atoms with Crippen LogP contribution in [0.1, 0.15) is 56.3 Å². The molecule has 0 aromatic heterocycles. The Kier molecular flexibility index (Phi) is 14.3. The minimum Gasteiger partial charge on any atom is -0.455 e. The van der Waals surface area contributed by atoms with Gasteiger partial charge in [-0.1, -0.05) is 72.8 Å². The van der Waals surface area contributed by atoms with E-state index in [-0.39, 0.29) is 43.3 Å². The lowest BCUT2D eigenvalue weighted by atomic mass is 9.94. The van der Waals surface area contributed by atoms with Crippen molar-refractivity contribution < 1.29 is 24.2 Å². The van der Waals surface area contributed by atoms with Crippen LogP contribution in [-0.4, -0.2) is 42.1 Å². The van der Waals surface area contributed by atoms with Crippen LogP contribution in [0.25, 0.3) is 0 Å². The third-order valence-corrected chi connectivity index (χ3v) is 6.45. The van der Waals surface area contributed by atoms with Crippen LogP contribution in [0, 0.1) is 11.8 Å². The molecule has 0 spiro atoms. The molecule has 0 bridgehead atoms. The predicted octanol–water partition coefficient (Wildman–Crippen LogP) is 4.68. The van der Waals surface area contributed by atoms with Gasteiger partial charge in [0.2, 0.25) is 11.8 Å². The molecule has 0 saturated heterocycles. The van der Waals surface area contributed by atoms with E-state index in [0.29, 0.717) is 19.3 Å². The van der Waals surface area contributed by atoms with E-state index in [0.717, 1.165) is 24.0 Å². The van der Waals surface area contributed by atoms with Crippen molar-refractivity contribution in [2.24, 2.45) is 11.8 Å². The fourth-order valence-corrected chi connectivity index (χ4v) is 4.27. The van der Waals surface area contributed by atoms with Crippen molar-refractivity contribution in [3.05, 3.63) is 97.1 Å². The zero-order valence-corrected chi connectivity index (χ0v) is 22.9. The van der Waals surface area contributed by atoms with Crippen molar-refractivity contribution in [1.29, 1.82) is 0 Å². The van der Waals surface area contributed by atoms with E-state index in [1.54, 1.807) is 13.0 Å². The number of aliphatic hydroxyl groups excluding tert-OH is 1. The largest absolute Gasteiger partial charge is 0.455 e. The summed E-state index contributed by atoms with van der Waals surface area (Å²) in [6, 6.07) is 18.8. The van der Waals surface area contributed by atoms with Gasteiger partial charge in [0.05, 0.1) is 25.0 Å². The first-order valence-electron chi connectivity index (χ1n) is 13.6. The van der Waals surface area contributed by atoms with Crippen LogP contribution in [0.5, 0.6) is 0 Å². The summed E-state index contributed by atoms with van der Waals surface area (Å²) in [6.45, 7) is 9.05. The number of amides is 2. The number of carbonyl (C=O) groups is 3. The van der Waals surface area contributed by atoms with Gasteiger partial charge in [-0.3, -0.25) is 14.4 Å².